The molecule has 1 saturated carbocycles. The van der Waals surface area contributed by atoms with Crippen molar-refractivity contribution in [2.75, 3.05) is 20.2 Å². The van der Waals surface area contributed by atoms with Crippen LogP contribution >= 0.6 is 0 Å². The van der Waals surface area contributed by atoms with Gasteiger partial charge in [-0.15, -0.1) is 0 Å². The predicted molar refractivity (Wildman–Crippen MR) is 45.9 cm³/mol. The minimum Gasteiger partial charge on any atom is -0.395 e. The van der Waals surface area contributed by atoms with Crippen molar-refractivity contribution < 1.29 is 9.90 Å². The van der Waals surface area contributed by atoms with Crippen molar-refractivity contribution in [3.63, 3.8) is 0 Å². The first-order chi connectivity index (χ1) is 5.74. The predicted octanol–water partition coefficient (Wildman–Crippen LogP) is 0.173. The number of hydrogen-bond acceptors (Lipinski definition) is 2. The number of urea groups is 1. The Morgan fingerprint density at radius 3 is 2.75 bits per heavy atom. The van der Waals surface area contributed by atoms with Gasteiger partial charge < -0.3 is 15.3 Å². The molecule has 12 heavy (non-hydrogen) atoms. The molecule has 0 heterocycles. The van der Waals surface area contributed by atoms with Crippen molar-refractivity contribution in [2.45, 2.75) is 25.3 Å². The normalized spacial score (nSPS) is 16.8. The molecule has 0 unspecified atom stereocenters. The van der Waals surface area contributed by atoms with Crippen LogP contribution in [-0.2, 0) is 0 Å². The van der Waals surface area contributed by atoms with Gasteiger partial charge in [0.05, 0.1) is 6.61 Å². The van der Waals surface area contributed by atoms with E-state index in [1.807, 2.05) is 0 Å². The van der Waals surface area contributed by atoms with Gasteiger partial charge in [-0.25, -0.2) is 4.79 Å². The molecule has 0 saturated heterocycles. The van der Waals surface area contributed by atoms with Crippen molar-refractivity contribution in [2.24, 2.45) is 0 Å². The zero-order valence-electron chi connectivity index (χ0n) is 7.42. The Kier molecular flexibility index (Phi) is 3.34. The van der Waals surface area contributed by atoms with E-state index in [2.05, 4.69) is 5.32 Å². The third-order valence-electron chi connectivity index (χ3n) is 2.21. The van der Waals surface area contributed by atoms with Crippen LogP contribution in [0.2, 0.25) is 0 Å². The number of aliphatic hydroxyl groups excluding tert-OH is 1. The Morgan fingerprint density at radius 2 is 2.33 bits per heavy atom. The molecule has 0 aromatic carbocycles. The van der Waals surface area contributed by atoms with Crippen molar-refractivity contribution in [1.29, 1.82) is 0 Å². The molecule has 1 aliphatic carbocycles. The monoisotopic (exact) mass is 172 g/mol. The number of rotatable bonds is 3. The van der Waals surface area contributed by atoms with E-state index < -0.39 is 0 Å². The van der Waals surface area contributed by atoms with E-state index >= 15 is 0 Å². The highest BCUT2D eigenvalue weighted by Crippen LogP contribution is 2.17. The van der Waals surface area contributed by atoms with Crippen LogP contribution in [0.4, 0.5) is 4.79 Å². The lowest BCUT2D eigenvalue weighted by molar-refractivity contribution is 0.181. The lowest BCUT2D eigenvalue weighted by atomic mass is 9.93. The minimum absolute atomic E-state index is 0.0224. The molecule has 0 radical (unpaired) electrons. The maximum Gasteiger partial charge on any atom is 0.317 e. The molecule has 0 spiro atoms. The van der Waals surface area contributed by atoms with Crippen LogP contribution in [0.5, 0.6) is 0 Å². The molecule has 4 heteroatoms. The third-order valence-corrected chi connectivity index (χ3v) is 2.21. The van der Waals surface area contributed by atoms with Crippen molar-refractivity contribution in [3.05, 3.63) is 0 Å². The summed E-state index contributed by atoms with van der Waals surface area (Å²) < 4.78 is 0. The van der Waals surface area contributed by atoms with Crippen molar-refractivity contribution >= 4 is 6.03 Å². The molecule has 1 aliphatic rings. The average Bonchev–Trinajstić information content (AvgIpc) is 1.97. The maximum atomic E-state index is 11.2. The molecule has 2 amide bonds. The molecular formula is C8H16N2O2. The summed E-state index contributed by atoms with van der Waals surface area (Å²) in [5.74, 6) is 0. The Balaban J connectivity index is 2.16. The summed E-state index contributed by atoms with van der Waals surface area (Å²) in [7, 11) is 1.68. The van der Waals surface area contributed by atoms with Crippen molar-refractivity contribution in [1.82, 2.24) is 10.2 Å². The van der Waals surface area contributed by atoms with E-state index in [1.165, 1.54) is 11.3 Å². The second-order valence-electron chi connectivity index (χ2n) is 3.22. The highest BCUT2D eigenvalue weighted by atomic mass is 16.3. The molecule has 0 bridgehead atoms. The van der Waals surface area contributed by atoms with E-state index in [4.69, 9.17) is 5.11 Å². The van der Waals surface area contributed by atoms with Crippen LogP contribution in [-0.4, -0.2) is 42.3 Å². The highest BCUT2D eigenvalue weighted by Gasteiger charge is 2.20. The maximum absolute atomic E-state index is 11.2. The molecule has 0 aliphatic heterocycles. The second-order valence-corrected chi connectivity index (χ2v) is 3.22. The first kappa shape index (κ1) is 9.32. The topological polar surface area (TPSA) is 52.6 Å². The largest absolute Gasteiger partial charge is 0.395 e. The van der Waals surface area contributed by atoms with Crippen LogP contribution in [0.15, 0.2) is 0 Å². The fourth-order valence-electron chi connectivity index (χ4n) is 1.09. The fraction of sp³-hybridized carbons (Fsp3) is 0.875. The number of hydrogen-bond donors (Lipinski definition) is 2. The number of nitrogens with one attached hydrogen (secondary N) is 1. The zero-order valence-corrected chi connectivity index (χ0v) is 7.42. The number of carbonyl (C=O) groups excluding carboxylic acids is 1. The average molecular weight is 172 g/mol. The van der Waals surface area contributed by atoms with Crippen molar-refractivity contribution in [3.8, 4) is 0 Å². The van der Waals surface area contributed by atoms with E-state index in [0.29, 0.717) is 12.6 Å². The van der Waals surface area contributed by atoms with Crippen LogP contribution in [0.1, 0.15) is 19.3 Å². The van der Waals surface area contributed by atoms with Crippen LogP contribution in [0, 0.1) is 0 Å². The molecule has 1 fully saturated rings. The third kappa shape index (κ3) is 2.37. The summed E-state index contributed by atoms with van der Waals surface area (Å²) in [4.78, 5) is 12.7. The van der Waals surface area contributed by atoms with E-state index in [-0.39, 0.29) is 12.6 Å². The number of aliphatic hydroxyl groups is 1. The first-order valence-electron chi connectivity index (χ1n) is 4.36. The molecule has 2 N–H and O–H groups in total. The highest BCUT2D eigenvalue weighted by molar-refractivity contribution is 5.74. The van der Waals surface area contributed by atoms with Gasteiger partial charge in [0, 0.05) is 19.6 Å². The van der Waals surface area contributed by atoms with Gasteiger partial charge in [0.15, 0.2) is 0 Å². The van der Waals surface area contributed by atoms with Gasteiger partial charge in [-0.1, -0.05) is 0 Å². The molecule has 1 rings (SSSR count). The quantitative estimate of drug-likeness (QED) is 0.637. The zero-order chi connectivity index (χ0) is 8.97. The summed E-state index contributed by atoms with van der Waals surface area (Å²) in [5, 5.41) is 11.4. The lowest BCUT2D eigenvalue weighted by Crippen LogP contribution is -2.46. The molecule has 0 aromatic heterocycles. The molecule has 4 nitrogen and oxygen atoms in total. The van der Waals surface area contributed by atoms with Gasteiger partial charge in [0.2, 0.25) is 0 Å². The molecule has 70 valence electrons. The number of likely N-dealkylation sites (N-methyl/N-ethyl adjacent to an activating group) is 1. The Hall–Kier alpha value is -0.770. The van der Waals surface area contributed by atoms with Crippen LogP contribution in [0.25, 0.3) is 0 Å². The molecule has 0 aromatic rings. The van der Waals surface area contributed by atoms with Gasteiger partial charge in [0.25, 0.3) is 0 Å². The number of nitrogens with zero attached hydrogens (tertiary/aromatic N) is 1. The van der Waals surface area contributed by atoms with E-state index in [1.54, 1.807) is 7.05 Å². The van der Waals surface area contributed by atoms with Crippen LogP contribution < -0.4 is 5.32 Å². The standard InChI is InChI=1S/C8H16N2O2/c1-10(5-6-11)8(12)9-7-3-2-4-7/h7,11H,2-6H2,1H3,(H,9,12). The summed E-state index contributed by atoms with van der Waals surface area (Å²) in [6.45, 7) is 0.424. The first-order valence-corrected chi connectivity index (χ1v) is 4.36. The minimum atomic E-state index is -0.0752. The van der Waals surface area contributed by atoms with Gasteiger partial charge in [-0.2, -0.15) is 0 Å². The summed E-state index contributed by atoms with van der Waals surface area (Å²) in [5.41, 5.74) is 0. The van der Waals surface area contributed by atoms with E-state index in [9.17, 15) is 4.79 Å². The Labute approximate surface area is 72.6 Å². The summed E-state index contributed by atoms with van der Waals surface area (Å²) in [6, 6.07) is 0.299. The van der Waals surface area contributed by atoms with Gasteiger partial charge in [-0.3, -0.25) is 0 Å². The SMILES string of the molecule is CN(CCO)C(=O)NC1CCC1. The second kappa shape index (κ2) is 4.30. The molecular weight excluding hydrogens is 156 g/mol. The van der Waals surface area contributed by atoms with E-state index in [0.717, 1.165) is 12.8 Å². The fourth-order valence-corrected chi connectivity index (χ4v) is 1.09. The Bertz CT molecular complexity index is 157. The Morgan fingerprint density at radius 1 is 1.67 bits per heavy atom. The number of amides is 2. The molecule has 0 atom stereocenters. The summed E-state index contributed by atoms with van der Waals surface area (Å²) in [6.07, 6.45) is 3.41. The van der Waals surface area contributed by atoms with Crippen LogP contribution in [0.3, 0.4) is 0 Å². The van der Waals surface area contributed by atoms with Gasteiger partial charge in [0.1, 0.15) is 0 Å². The lowest BCUT2D eigenvalue weighted by Gasteiger charge is -2.28. The smallest absolute Gasteiger partial charge is 0.317 e. The summed E-state index contributed by atoms with van der Waals surface area (Å²) >= 11 is 0. The number of carbonyl (C=O) groups is 1. The van der Waals surface area contributed by atoms with Gasteiger partial charge >= 0.3 is 6.03 Å². The van der Waals surface area contributed by atoms with Gasteiger partial charge in [-0.05, 0) is 19.3 Å².